The summed E-state index contributed by atoms with van der Waals surface area (Å²) in [6.45, 7) is 0. The Balaban J connectivity index is 1.93. The average molecular weight is 302 g/mol. The average Bonchev–Trinajstić information content (AvgIpc) is 2.45. The van der Waals surface area contributed by atoms with Gasteiger partial charge in [0.15, 0.2) is 0 Å². The Bertz CT molecular complexity index is 442. The number of carbonyl (C=O) groups excluding carboxylic acids is 1. The van der Waals surface area contributed by atoms with Crippen LogP contribution in [-0.2, 0) is 4.79 Å². The van der Waals surface area contributed by atoms with Gasteiger partial charge in [-0.3, -0.25) is 4.79 Å². The fraction of sp³-hybridized carbons (Fsp3) is 0.533. The van der Waals surface area contributed by atoms with E-state index in [-0.39, 0.29) is 49.4 Å². The lowest BCUT2D eigenvalue weighted by atomic mass is 9.86. The predicted octanol–water partition coefficient (Wildman–Crippen LogP) is 3.91. The molecule has 2 rings (SSSR count). The van der Waals surface area contributed by atoms with Gasteiger partial charge in [0.1, 0.15) is 0 Å². The highest BCUT2D eigenvalue weighted by atomic mass is 35.5. The molecule has 0 bridgehead atoms. The third-order valence-electron chi connectivity index (χ3n) is 3.76. The molecule has 1 fully saturated rings. The summed E-state index contributed by atoms with van der Waals surface area (Å²) >= 11 is 5.90. The van der Waals surface area contributed by atoms with Crippen LogP contribution in [0.2, 0.25) is 0 Å². The molecule has 1 aromatic rings. The van der Waals surface area contributed by atoms with Crippen molar-refractivity contribution >= 4 is 17.5 Å². The van der Waals surface area contributed by atoms with Crippen molar-refractivity contribution in [3.63, 3.8) is 0 Å². The molecule has 20 heavy (non-hydrogen) atoms. The second-order valence-electron chi connectivity index (χ2n) is 5.26. The molecule has 1 aliphatic rings. The van der Waals surface area contributed by atoms with Crippen molar-refractivity contribution in [3.8, 4) is 0 Å². The SMILES string of the molecule is O=C(NC(CCl)c1ccccc1)C1CCC(F)(F)CC1. The molecule has 0 aromatic heterocycles. The molecular formula is C15H18ClF2NO. The molecule has 1 unspecified atom stereocenters. The Labute approximate surface area is 122 Å². The Morgan fingerprint density at radius 2 is 1.90 bits per heavy atom. The summed E-state index contributed by atoms with van der Waals surface area (Å²) in [7, 11) is 0. The van der Waals surface area contributed by atoms with E-state index >= 15 is 0 Å². The van der Waals surface area contributed by atoms with Crippen LogP contribution in [0.4, 0.5) is 8.78 Å². The highest BCUT2D eigenvalue weighted by molar-refractivity contribution is 6.18. The summed E-state index contributed by atoms with van der Waals surface area (Å²) < 4.78 is 26.2. The van der Waals surface area contributed by atoms with Crippen LogP contribution in [0.3, 0.4) is 0 Å². The van der Waals surface area contributed by atoms with Gasteiger partial charge in [-0.1, -0.05) is 30.3 Å². The summed E-state index contributed by atoms with van der Waals surface area (Å²) in [5, 5.41) is 2.86. The minimum Gasteiger partial charge on any atom is -0.348 e. The first-order valence-corrected chi connectivity index (χ1v) is 7.34. The van der Waals surface area contributed by atoms with E-state index in [4.69, 9.17) is 11.6 Å². The molecule has 0 saturated heterocycles. The van der Waals surface area contributed by atoms with Crippen molar-refractivity contribution < 1.29 is 13.6 Å². The Morgan fingerprint density at radius 1 is 1.30 bits per heavy atom. The quantitative estimate of drug-likeness (QED) is 0.839. The van der Waals surface area contributed by atoms with Gasteiger partial charge in [-0.2, -0.15) is 0 Å². The maximum absolute atomic E-state index is 13.1. The third kappa shape index (κ3) is 3.92. The van der Waals surface area contributed by atoms with E-state index in [0.29, 0.717) is 0 Å². The van der Waals surface area contributed by atoms with E-state index in [2.05, 4.69) is 5.32 Å². The Hall–Kier alpha value is -1.16. The number of nitrogens with one attached hydrogen (secondary N) is 1. The first kappa shape index (κ1) is 15.2. The van der Waals surface area contributed by atoms with Crippen LogP contribution in [-0.4, -0.2) is 17.7 Å². The standard InChI is InChI=1S/C15H18ClF2NO/c16-10-13(11-4-2-1-3-5-11)19-14(20)12-6-8-15(17,18)9-7-12/h1-5,12-13H,6-10H2,(H,19,20). The number of halogens is 3. The fourth-order valence-electron chi connectivity index (χ4n) is 2.49. The Morgan fingerprint density at radius 3 is 2.45 bits per heavy atom. The largest absolute Gasteiger partial charge is 0.348 e. The molecule has 0 radical (unpaired) electrons. The lowest BCUT2D eigenvalue weighted by Gasteiger charge is -2.28. The van der Waals surface area contributed by atoms with Gasteiger partial charge in [-0.25, -0.2) is 8.78 Å². The third-order valence-corrected chi connectivity index (χ3v) is 4.07. The van der Waals surface area contributed by atoms with Gasteiger partial charge in [0.25, 0.3) is 0 Å². The molecule has 0 heterocycles. The lowest BCUT2D eigenvalue weighted by Crippen LogP contribution is -2.38. The number of carbonyl (C=O) groups is 1. The highest BCUT2D eigenvalue weighted by Gasteiger charge is 2.37. The van der Waals surface area contributed by atoms with Crippen LogP contribution < -0.4 is 5.32 Å². The van der Waals surface area contributed by atoms with Gasteiger partial charge in [-0.05, 0) is 18.4 Å². The maximum Gasteiger partial charge on any atom is 0.248 e. The summed E-state index contributed by atoms with van der Waals surface area (Å²) in [5.74, 6) is -2.85. The first-order valence-electron chi connectivity index (χ1n) is 6.81. The van der Waals surface area contributed by atoms with Crippen molar-refractivity contribution in [2.75, 3.05) is 5.88 Å². The van der Waals surface area contributed by atoms with Crippen molar-refractivity contribution in [2.24, 2.45) is 5.92 Å². The molecule has 1 amide bonds. The topological polar surface area (TPSA) is 29.1 Å². The zero-order chi connectivity index (χ0) is 14.6. The summed E-state index contributed by atoms with van der Waals surface area (Å²) in [6, 6.07) is 9.15. The fourth-order valence-corrected chi connectivity index (χ4v) is 2.74. The maximum atomic E-state index is 13.1. The van der Waals surface area contributed by atoms with Crippen LogP contribution in [0, 0.1) is 5.92 Å². The lowest BCUT2D eigenvalue weighted by molar-refractivity contribution is -0.129. The van der Waals surface area contributed by atoms with E-state index in [1.165, 1.54) is 0 Å². The first-order chi connectivity index (χ1) is 9.52. The number of rotatable bonds is 4. The van der Waals surface area contributed by atoms with Crippen molar-refractivity contribution in [1.82, 2.24) is 5.32 Å². The van der Waals surface area contributed by atoms with Crippen LogP contribution >= 0.6 is 11.6 Å². The monoisotopic (exact) mass is 301 g/mol. The molecule has 1 aromatic carbocycles. The molecule has 0 aliphatic heterocycles. The van der Waals surface area contributed by atoms with Gasteiger partial charge in [0.2, 0.25) is 11.8 Å². The number of amides is 1. The molecule has 1 atom stereocenters. The molecule has 0 spiro atoms. The molecule has 1 saturated carbocycles. The number of hydrogen-bond acceptors (Lipinski definition) is 1. The second-order valence-corrected chi connectivity index (χ2v) is 5.56. The number of alkyl halides is 3. The minimum atomic E-state index is -2.61. The molecule has 5 heteroatoms. The zero-order valence-electron chi connectivity index (χ0n) is 11.1. The van der Waals surface area contributed by atoms with E-state index in [1.54, 1.807) is 0 Å². The summed E-state index contributed by atoms with van der Waals surface area (Å²) in [4.78, 5) is 12.1. The normalized spacial score (nSPS) is 20.4. The van der Waals surface area contributed by atoms with Crippen molar-refractivity contribution in [3.05, 3.63) is 35.9 Å². The van der Waals surface area contributed by atoms with Gasteiger partial charge in [-0.15, -0.1) is 11.6 Å². The zero-order valence-corrected chi connectivity index (χ0v) is 11.9. The highest BCUT2D eigenvalue weighted by Crippen LogP contribution is 2.36. The molecule has 110 valence electrons. The van der Waals surface area contributed by atoms with Crippen LogP contribution in [0.15, 0.2) is 30.3 Å². The van der Waals surface area contributed by atoms with E-state index in [9.17, 15) is 13.6 Å². The molecule has 1 aliphatic carbocycles. The molecule has 2 nitrogen and oxygen atoms in total. The molecule has 1 N–H and O–H groups in total. The van der Waals surface area contributed by atoms with Crippen molar-refractivity contribution in [1.29, 1.82) is 0 Å². The van der Waals surface area contributed by atoms with Crippen LogP contribution in [0.25, 0.3) is 0 Å². The van der Waals surface area contributed by atoms with Crippen LogP contribution in [0.1, 0.15) is 37.3 Å². The smallest absolute Gasteiger partial charge is 0.248 e. The van der Waals surface area contributed by atoms with Crippen molar-refractivity contribution in [2.45, 2.75) is 37.6 Å². The van der Waals surface area contributed by atoms with Crippen LogP contribution in [0.5, 0.6) is 0 Å². The predicted molar refractivity (Wildman–Crippen MR) is 75.0 cm³/mol. The summed E-state index contributed by atoms with van der Waals surface area (Å²) in [5.41, 5.74) is 0.928. The minimum absolute atomic E-state index is 0.171. The Kier molecular flexibility index (Phi) is 4.97. The van der Waals surface area contributed by atoms with E-state index in [0.717, 1.165) is 5.56 Å². The van der Waals surface area contributed by atoms with E-state index in [1.807, 2.05) is 30.3 Å². The number of hydrogen-bond donors (Lipinski definition) is 1. The summed E-state index contributed by atoms with van der Waals surface area (Å²) in [6.07, 6.45) is 0.0647. The van der Waals surface area contributed by atoms with E-state index < -0.39 is 5.92 Å². The van der Waals surface area contributed by atoms with Gasteiger partial charge < -0.3 is 5.32 Å². The van der Waals surface area contributed by atoms with Gasteiger partial charge >= 0.3 is 0 Å². The number of benzene rings is 1. The van der Waals surface area contributed by atoms with Gasteiger partial charge in [0.05, 0.1) is 6.04 Å². The molecular weight excluding hydrogens is 284 g/mol. The second kappa shape index (κ2) is 6.53. The van der Waals surface area contributed by atoms with Gasteiger partial charge in [0, 0.05) is 24.6 Å².